The van der Waals surface area contributed by atoms with E-state index in [9.17, 15) is 30.7 Å². The summed E-state index contributed by atoms with van der Waals surface area (Å²) in [6.07, 6.45) is -9.24. The van der Waals surface area contributed by atoms with Gasteiger partial charge in [0.25, 0.3) is 0 Å². The quantitative estimate of drug-likeness (QED) is 0.570. The fourth-order valence-electron chi connectivity index (χ4n) is 2.59. The van der Waals surface area contributed by atoms with Crippen molar-refractivity contribution in [1.82, 2.24) is 0 Å². The van der Waals surface area contributed by atoms with E-state index in [0.29, 0.717) is 0 Å². The van der Waals surface area contributed by atoms with Crippen LogP contribution in [-0.2, 0) is 9.47 Å². The molecule has 0 bridgehead atoms. The summed E-state index contributed by atoms with van der Waals surface area (Å²) in [6, 6.07) is 0.926. The Hall–Kier alpha value is -1.86. The highest BCUT2D eigenvalue weighted by atomic mass is 19.4. The highest BCUT2D eigenvalue weighted by Gasteiger charge is 2.51. The standard InChI is InChI=1S/C14H10F7NO2/c1-5-7(13(14(19,20)21)24-3-2-23-5)8-11(17)9(15)6(4-22)10(16)12(8)18/h5,7,13H,2-3H2,1H3. The van der Waals surface area contributed by atoms with Crippen molar-refractivity contribution < 1.29 is 40.2 Å². The molecule has 0 spiro atoms. The fourth-order valence-corrected chi connectivity index (χ4v) is 2.59. The Bertz CT molecular complexity index is 654. The van der Waals surface area contributed by atoms with Gasteiger partial charge in [-0.25, -0.2) is 17.6 Å². The summed E-state index contributed by atoms with van der Waals surface area (Å²) in [5.74, 6) is -10.5. The van der Waals surface area contributed by atoms with Crippen LogP contribution in [0.15, 0.2) is 0 Å². The second kappa shape index (κ2) is 6.57. The van der Waals surface area contributed by atoms with Gasteiger partial charge in [0.15, 0.2) is 29.4 Å². The first-order chi connectivity index (χ1) is 11.1. The van der Waals surface area contributed by atoms with Gasteiger partial charge in [0, 0.05) is 5.56 Å². The molecule has 0 N–H and O–H groups in total. The molecule has 132 valence electrons. The number of nitriles is 1. The molecule has 3 nitrogen and oxygen atoms in total. The SMILES string of the molecule is CC1OCCOC(C(F)(F)F)C1c1c(F)c(F)c(C#N)c(F)c1F. The van der Waals surface area contributed by atoms with Gasteiger partial charge in [0.05, 0.1) is 25.2 Å². The van der Waals surface area contributed by atoms with Crippen LogP contribution < -0.4 is 0 Å². The Labute approximate surface area is 131 Å². The molecule has 24 heavy (non-hydrogen) atoms. The molecule has 10 heteroatoms. The Morgan fingerprint density at radius 3 is 1.92 bits per heavy atom. The maximum Gasteiger partial charge on any atom is 0.415 e. The van der Waals surface area contributed by atoms with Crippen LogP contribution in [0.5, 0.6) is 0 Å². The topological polar surface area (TPSA) is 42.2 Å². The van der Waals surface area contributed by atoms with Gasteiger partial charge in [-0.1, -0.05) is 0 Å². The molecular formula is C14H10F7NO2. The van der Waals surface area contributed by atoms with Gasteiger partial charge in [-0.15, -0.1) is 0 Å². The van der Waals surface area contributed by atoms with E-state index in [-0.39, 0.29) is 6.61 Å². The van der Waals surface area contributed by atoms with Gasteiger partial charge in [0.1, 0.15) is 11.6 Å². The minimum atomic E-state index is -5.06. The van der Waals surface area contributed by atoms with E-state index < -0.39 is 65.3 Å². The summed E-state index contributed by atoms with van der Waals surface area (Å²) in [5.41, 5.74) is -3.05. The van der Waals surface area contributed by atoms with Gasteiger partial charge in [-0.3, -0.25) is 0 Å². The third-order valence-electron chi connectivity index (χ3n) is 3.66. The summed E-state index contributed by atoms with van der Waals surface area (Å²) in [5, 5.41) is 8.53. The number of hydrogen-bond acceptors (Lipinski definition) is 3. The first-order valence-corrected chi connectivity index (χ1v) is 6.67. The van der Waals surface area contributed by atoms with Crippen LogP contribution in [-0.4, -0.2) is 31.6 Å². The van der Waals surface area contributed by atoms with Crippen LogP contribution in [0.1, 0.15) is 24.0 Å². The Kier molecular flexibility index (Phi) is 5.05. The molecule has 2 rings (SSSR count). The average Bonchev–Trinajstić information content (AvgIpc) is 2.68. The average molecular weight is 357 g/mol. The van der Waals surface area contributed by atoms with Crippen LogP contribution in [0, 0.1) is 34.6 Å². The Morgan fingerprint density at radius 2 is 1.46 bits per heavy atom. The molecule has 1 heterocycles. The van der Waals surface area contributed by atoms with E-state index in [2.05, 4.69) is 4.74 Å². The molecule has 1 aliphatic rings. The van der Waals surface area contributed by atoms with Gasteiger partial charge in [-0.05, 0) is 6.92 Å². The van der Waals surface area contributed by atoms with Crippen LogP contribution in [0.4, 0.5) is 30.7 Å². The molecule has 1 fully saturated rings. The summed E-state index contributed by atoms with van der Waals surface area (Å²) in [6.45, 7) is 0.259. The molecule has 3 atom stereocenters. The monoisotopic (exact) mass is 357 g/mol. The van der Waals surface area contributed by atoms with Gasteiger partial charge >= 0.3 is 6.18 Å². The lowest BCUT2D eigenvalue weighted by Crippen LogP contribution is -2.41. The van der Waals surface area contributed by atoms with Gasteiger partial charge < -0.3 is 9.47 Å². The van der Waals surface area contributed by atoms with Crippen LogP contribution >= 0.6 is 0 Å². The zero-order valence-electron chi connectivity index (χ0n) is 12.1. The summed E-state index contributed by atoms with van der Waals surface area (Å²) < 4.78 is 105. The predicted octanol–water partition coefficient (Wildman–Crippen LogP) is 3.56. The summed E-state index contributed by atoms with van der Waals surface area (Å²) in [4.78, 5) is 0. The normalized spacial score (nSPS) is 25.2. The fraction of sp³-hybridized carbons (Fsp3) is 0.500. The Balaban J connectivity index is 2.73. The predicted molar refractivity (Wildman–Crippen MR) is 64.9 cm³/mol. The molecule has 0 radical (unpaired) electrons. The van der Waals surface area contributed by atoms with E-state index in [1.54, 1.807) is 0 Å². The van der Waals surface area contributed by atoms with Crippen LogP contribution in [0.3, 0.4) is 0 Å². The van der Waals surface area contributed by atoms with Crippen molar-refractivity contribution in [3.8, 4) is 6.07 Å². The number of rotatable bonds is 1. The summed E-state index contributed by atoms with van der Waals surface area (Å²) in [7, 11) is 0. The highest BCUT2D eigenvalue weighted by Crippen LogP contribution is 2.42. The smallest absolute Gasteiger partial charge is 0.375 e. The third-order valence-corrected chi connectivity index (χ3v) is 3.66. The molecule has 0 amide bonds. The van der Waals surface area contributed by atoms with Crippen molar-refractivity contribution in [2.24, 2.45) is 0 Å². The molecule has 1 aromatic rings. The van der Waals surface area contributed by atoms with Crippen molar-refractivity contribution in [3.63, 3.8) is 0 Å². The lowest BCUT2D eigenvalue weighted by atomic mass is 9.86. The molecule has 1 aromatic carbocycles. The number of benzene rings is 1. The van der Waals surface area contributed by atoms with Crippen molar-refractivity contribution >= 4 is 0 Å². The largest absolute Gasteiger partial charge is 0.415 e. The number of hydrogen-bond donors (Lipinski definition) is 0. The van der Waals surface area contributed by atoms with Gasteiger partial charge in [-0.2, -0.15) is 18.4 Å². The third kappa shape index (κ3) is 3.06. The molecule has 0 saturated carbocycles. The summed E-state index contributed by atoms with van der Waals surface area (Å²) >= 11 is 0. The molecule has 0 aromatic heterocycles. The van der Waals surface area contributed by atoms with Crippen molar-refractivity contribution in [2.75, 3.05) is 13.2 Å². The number of halogens is 7. The Morgan fingerprint density at radius 1 is 0.958 bits per heavy atom. The zero-order valence-corrected chi connectivity index (χ0v) is 12.1. The van der Waals surface area contributed by atoms with E-state index in [4.69, 9.17) is 10.00 Å². The lowest BCUT2D eigenvalue weighted by molar-refractivity contribution is -0.225. The zero-order chi connectivity index (χ0) is 18.2. The maximum atomic E-state index is 14.1. The minimum absolute atomic E-state index is 0.297. The molecule has 3 unspecified atom stereocenters. The second-order valence-electron chi connectivity index (χ2n) is 5.09. The van der Waals surface area contributed by atoms with E-state index in [0.717, 1.165) is 13.0 Å². The van der Waals surface area contributed by atoms with Crippen LogP contribution in [0.25, 0.3) is 0 Å². The van der Waals surface area contributed by atoms with Crippen molar-refractivity contribution in [3.05, 3.63) is 34.4 Å². The lowest BCUT2D eigenvalue weighted by Gasteiger charge is -2.30. The number of nitrogens with zero attached hydrogens (tertiary/aromatic N) is 1. The molecular weight excluding hydrogens is 347 g/mol. The maximum absolute atomic E-state index is 14.1. The van der Waals surface area contributed by atoms with Crippen molar-refractivity contribution in [1.29, 1.82) is 5.26 Å². The van der Waals surface area contributed by atoms with E-state index in [1.807, 2.05) is 0 Å². The molecule has 0 aliphatic carbocycles. The number of alkyl halides is 3. The van der Waals surface area contributed by atoms with Gasteiger partial charge in [0.2, 0.25) is 0 Å². The minimum Gasteiger partial charge on any atom is -0.375 e. The van der Waals surface area contributed by atoms with E-state index >= 15 is 0 Å². The van der Waals surface area contributed by atoms with Crippen LogP contribution in [0.2, 0.25) is 0 Å². The first-order valence-electron chi connectivity index (χ1n) is 6.67. The van der Waals surface area contributed by atoms with Crippen molar-refractivity contribution in [2.45, 2.75) is 31.2 Å². The molecule has 1 saturated heterocycles. The number of ether oxygens (including phenoxy) is 2. The first kappa shape index (κ1) is 18.5. The highest BCUT2D eigenvalue weighted by molar-refractivity contribution is 5.40. The van der Waals surface area contributed by atoms with E-state index in [1.165, 1.54) is 0 Å². The molecule has 1 aliphatic heterocycles. The second-order valence-corrected chi connectivity index (χ2v) is 5.09.